The number of aromatic amines is 1. The fourth-order valence-electron chi connectivity index (χ4n) is 3.13. The van der Waals surface area contributed by atoms with Gasteiger partial charge in [-0.05, 0) is 19.1 Å². The molecule has 134 valence electrons. The summed E-state index contributed by atoms with van der Waals surface area (Å²) in [5, 5.41) is 9.81. The number of carbonyl (C=O) groups is 1. The summed E-state index contributed by atoms with van der Waals surface area (Å²) in [6.07, 6.45) is -0.406. The SMILES string of the molecule is C[C@H](O)CN1CCN(C(=O)Cn2c(=O)[nH]c3ccccc3c2=O)CC1. The van der Waals surface area contributed by atoms with Gasteiger partial charge in [0, 0.05) is 32.7 Å². The van der Waals surface area contributed by atoms with Crippen LogP contribution < -0.4 is 11.2 Å². The number of β-amino-alcohol motifs (C(OH)–C–C–N with tert-alkyl or cyclic N) is 1. The number of aromatic nitrogens is 2. The Labute approximate surface area is 144 Å². The van der Waals surface area contributed by atoms with Crippen molar-refractivity contribution in [1.82, 2.24) is 19.4 Å². The molecule has 0 bridgehead atoms. The zero-order chi connectivity index (χ0) is 18.0. The normalized spacial score (nSPS) is 17.0. The van der Waals surface area contributed by atoms with Crippen molar-refractivity contribution in [3.63, 3.8) is 0 Å². The molecular weight excluding hydrogens is 324 g/mol. The molecule has 1 fully saturated rings. The molecule has 1 saturated heterocycles. The molecule has 0 unspecified atom stereocenters. The molecule has 8 heteroatoms. The number of benzene rings is 1. The summed E-state index contributed by atoms with van der Waals surface area (Å²) in [6.45, 7) is 4.41. The first-order valence-corrected chi connectivity index (χ1v) is 8.36. The summed E-state index contributed by atoms with van der Waals surface area (Å²) in [4.78, 5) is 43.5. The molecule has 8 nitrogen and oxygen atoms in total. The van der Waals surface area contributed by atoms with Crippen molar-refractivity contribution in [2.75, 3.05) is 32.7 Å². The second kappa shape index (κ2) is 7.20. The minimum absolute atomic E-state index is 0.250. The molecule has 3 rings (SSSR count). The standard InChI is InChI=1S/C17H22N4O4/c1-12(22)10-19-6-8-20(9-7-19)15(23)11-21-16(24)13-4-2-3-5-14(13)18-17(21)25/h2-5,12,22H,6-11H2,1H3,(H,18,25)/t12-/m0/s1. The first-order chi connectivity index (χ1) is 12.0. The van der Waals surface area contributed by atoms with E-state index in [0.29, 0.717) is 43.6 Å². The summed E-state index contributed by atoms with van der Waals surface area (Å²) in [5.74, 6) is -0.250. The Kier molecular flexibility index (Phi) is 5.00. The van der Waals surface area contributed by atoms with Crippen LogP contribution in [0.5, 0.6) is 0 Å². The summed E-state index contributed by atoms with van der Waals surface area (Å²) < 4.78 is 0.951. The van der Waals surface area contributed by atoms with Gasteiger partial charge in [-0.25, -0.2) is 4.79 Å². The number of H-pyrrole nitrogens is 1. The molecule has 1 aliphatic heterocycles. The van der Waals surface area contributed by atoms with Crippen molar-refractivity contribution >= 4 is 16.8 Å². The van der Waals surface area contributed by atoms with Crippen molar-refractivity contribution in [3.8, 4) is 0 Å². The average Bonchev–Trinajstić information content (AvgIpc) is 2.58. The smallest absolute Gasteiger partial charge is 0.329 e. The summed E-state index contributed by atoms with van der Waals surface area (Å²) in [6, 6.07) is 6.74. The lowest BCUT2D eigenvalue weighted by Crippen LogP contribution is -2.52. The van der Waals surface area contributed by atoms with Crippen molar-refractivity contribution in [1.29, 1.82) is 0 Å². The number of nitrogens with zero attached hydrogens (tertiary/aromatic N) is 3. The lowest BCUT2D eigenvalue weighted by molar-refractivity contribution is -0.133. The number of hydrogen-bond acceptors (Lipinski definition) is 5. The lowest BCUT2D eigenvalue weighted by atomic mass is 10.2. The van der Waals surface area contributed by atoms with Crippen molar-refractivity contribution in [2.24, 2.45) is 0 Å². The molecular formula is C17H22N4O4. The molecule has 2 heterocycles. The van der Waals surface area contributed by atoms with Gasteiger partial charge in [0.05, 0.1) is 17.0 Å². The van der Waals surface area contributed by atoms with Gasteiger partial charge >= 0.3 is 5.69 Å². The third-order valence-electron chi connectivity index (χ3n) is 4.43. The molecule has 0 radical (unpaired) electrons. The van der Waals surface area contributed by atoms with E-state index >= 15 is 0 Å². The van der Waals surface area contributed by atoms with E-state index in [1.165, 1.54) is 0 Å². The number of aliphatic hydroxyl groups excluding tert-OH is 1. The fraction of sp³-hybridized carbons (Fsp3) is 0.471. The number of amides is 1. The Morgan fingerprint density at radius 1 is 1.20 bits per heavy atom. The Morgan fingerprint density at radius 3 is 2.56 bits per heavy atom. The van der Waals surface area contributed by atoms with E-state index in [-0.39, 0.29) is 12.5 Å². The highest BCUT2D eigenvalue weighted by atomic mass is 16.3. The molecule has 0 spiro atoms. The van der Waals surface area contributed by atoms with E-state index in [0.717, 1.165) is 4.57 Å². The van der Waals surface area contributed by atoms with Crippen LogP contribution in [0.25, 0.3) is 10.9 Å². The van der Waals surface area contributed by atoms with Crippen LogP contribution in [0.3, 0.4) is 0 Å². The van der Waals surface area contributed by atoms with Gasteiger partial charge in [0.1, 0.15) is 6.54 Å². The largest absolute Gasteiger partial charge is 0.392 e. The number of piperazine rings is 1. The highest BCUT2D eigenvalue weighted by Crippen LogP contribution is 2.05. The molecule has 1 atom stereocenters. The monoisotopic (exact) mass is 346 g/mol. The van der Waals surface area contributed by atoms with E-state index in [4.69, 9.17) is 0 Å². The molecule has 0 saturated carbocycles. The van der Waals surface area contributed by atoms with Gasteiger partial charge in [-0.2, -0.15) is 0 Å². The van der Waals surface area contributed by atoms with Gasteiger partial charge in [0.25, 0.3) is 5.56 Å². The Hall–Kier alpha value is -2.45. The van der Waals surface area contributed by atoms with Crippen molar-refractivity contribution < 1.29 is 9.90 Å². The second-order valence-corrected chi connectivity index (χ2v) is 6.40. The third kappa shape index (κ3) is 3.80. The summed E-state index contributed by atoms with van der Waals surface area (Å²) in [5.41, 5.74) is -0.571. The van der Waals surface area contributed by atoms with Gasteiger partial charge in [0.2, 0.25) is 5.91 Å². The topological polar surface area (TPSA) is 98.6 Å². The van der Waals surface area contributed by atoms with E-state index < -0.39 is 17.4 Å². The van der Waals surface area contributed by atoms with Crippen LogP contribution >= 0.6 is 0 Å². The van der Waals surface area contributed by atoms with Gasteiger partial charge in [-0.1, -0.05) is 12.1 Å². The van der Waals surface area contributed by atoms with Gasteiger partial charge < -0.3 is 15.0 Å². The minimum atomic E-state index is -0.579. The van der Waals surface area contributed by atoms with E-state index in [1.54, 1.807) is 36.1 Å². The zero-order valence-corrected chi connectivity index (χ0v) is 14.1. The Bertz CT molecular complexity index is 878. The van der Waals surface area contributed by atoms with Crippen molar-refractivity contribution in [2.45, 2.75) is 19.6 Å². The number of carbonyl (C=O) groups excluding carboxylic acids is 1. The quantitative estimate of drug-likeness (QED) is 0.756. The highest BCUT2D eigenvalue weighted by molar-refractivity contribution is 5.79. The Morgan fingerprint density at radius 2 is 1.88 bits per heavy atom. The van der Waals surface area contributed by atoms with Gasteiger partial charge in [0.15, 0.2) is 0 Å². The predicted molar refractivity (Wildman–Crippen MR) is 93.5 cm³/mol. The van der Waals surface area contributed by atoms with E-state index in [9.17, 15) is 19.5 Å². The predicted octanol–water partition coefficient (Wildman–Crippen LogP) is -0.785. The number of fused-ring (bicyclic) bond motifs is 1. The first-order valence-electron chi connectivity index (χ1n) is 8.36. The summed E-state index contributed by atoms with van der Waals surface area (Å²) >= 11 is 0. The highest BCUT2D eigenvalue weighted by Gasteiger charge is 2.23. The van der Waals surface area contributed by atoms with Gasteiger partial charge in [-0.3, -0.25) is 19.1 Å². The second-order valence-electron chi connectivity index (χ2n) is 6.40. The molecule has 1 aromatic heterocycles. The maximum absolute atomic E-state index is 12.5. The van der Waals surface area contributed by atoms with Crippen LogP contribution in [0.1, 0.15) is 6.92 Å². The van der Waals surface area contributed by atoms with Crippen LogP contribution in [0, 0.1) is 0 Å². The molecule has 0 aliphatic carbocycles. The first kappa shape index (κ1) is 17.4. The van der Waals surface area contributed by atoms with Crippen LogP contribution in [-0.4, -0.2) is 69.2 Å². The number of para-hydroxylation sites is 1. The molecule has 1 aromatic carbocycles. The maximum atomic E-state index is 12.5. The fourth-order valence-corrected chi connectivity index (χ4v) is 3.13. The number of aliphatic hydroxyl groups is 1. The molecule has 25 heavy (non-hydrogen) atoms. The number of rotatable bonds is 4. The average molecular weight is 346 g/mol. The zero-order valence-electron chi connectivity index (χ0n) is 14.1. The van der Waals surface area contributed by atoms with E-state index in [1.807, 2.05) is 0 Å². The lowest BCUT2D eigenvalue weighted by Gasteiger charge is -2.35. The van der Waals surface area contributed by atoms with Crippen LogP contribution in [0.15, 0.2) is 33.9 Å². The minimum Gasteiger partial charge on any atom is -0.392 e. The Balaban J connectivity index is 1.73. The summed E-state index contributed by atoms with van der Waals surface area (Å²) in [7, 11) is 0. The molecule has 2 aromatic rings. The number of hydrogen-bond donors (Lipinski definition) is 2. The van der Waals surface area contributed by atoms with Gasteiger partial charge in [-0.15, -0.1) is 0 Å². The number of nitrogens with one attached hydrogen (secondary N) is 1. The van der Waals surface area contributed by atoms with Crippen LogP contribution in [0.4, 0.5) is 0 Å². The molecule has 1 amide bonds. The molecule has 1 aliphatic rings. The van der Waals surface area contributed by atoms with Crippen LogP contribution in [-0.2, 0) is 11.3 Å². The third-order valence-corrected chi connectivity index (χ3v) is 4.43. The molecule has 2 N–H and O–H groups in total. The van der Waals surface area contributed by atoms with Crippen molar-refractivity contribution in [3.05, 3.63) is 45.1 Å². The maximum Gasteiger partial charge on any atom is 0.329 e. The van der Waals surface area contributed by atoms with E-state index in [2.05, 4.69) is 9.88 Å². The van der Waals surface area contributed by atoms with Crippen LogP contribution in [0.2, 0.25) is 0 Å².